The van der Waals surface area contributed by atoms with E-state index in [4.69, 9.17) is 0 Å². The molecule has 1 fully saturated rings. The van der Waals surface area contributed by atoms with Crippen LogP contribution >= 0.6 is 11.8 Å². The fourth-order valence-corrected chi connectivity index (χ4v) is 8.05. The average molecular weight is 545 g/mol. The number of aliphatic hydroxyl groups is 1. The smallest absolute Gasteiger partial charge is 0.117 e. The Balaban J connectivity index is 1.17. The van der Waals surface area contributed by atoms with Gasteiger partial charge in [-0.25, -0.2) is 0 Å². The molecule has 0 amide bonds. The molecule has 0 aliphatic carbocycles. The monoisotopic (exact) mass is 544 g/mol. The van der Waals surface area contributed by atoms with E-state index in [0.717, 1.165) is 67.8 Å². The van der Waals surface area contributed by atoms with Crippen molar-refractivity contribution in [3.05, 3.63) is 137 Å². The Morgan fingerprint density at radius 1 is 0.800 bits per heavy atom. The molecule has 1 saturated heterocycles. The minimum Gasteiger partial charge on any atom is -0.380 e. The van der Waals surface area contributed by atoms with Crippen molar-refractivity contribution in [2.45, 2.75) is 47.3 Å². The highest BCUT2D eigenvalue weighted by atomic mass is 32.2. The number of rotatable bonds is 7. The summed E-state index contributed by atoms with van der Waals surface area (Å²) in [6.07, 6.45) is 3.63. The van der Waals surface area contributed by atoms with Gasteiger partial charge in [-0.3, -0.25) is 0 Å². The van der Waals surface area contributed by atoms with Crippen molar-refractivity contribution in [2.24, 2.45) is 5.92 Å². The second kappa shape index (κ2) is 11.6. The normalized spacial score (nSPS) is 19.7. The molecule has 2 aliphatic heterocycles. The average Bonchev–Trinajstić information content (AvgIpc) is 3.17. The van der Waals surface area contributed by atoms with E-state index in [9.17, 15) is 10.4 Å². The maximum absolute atomic E-state index is 12.2. The molecule has 2 aliphatic rings. The van der Waals surface area contributed by atoms with Crippen LogP contribution in [-0.4, -0.2) is 29.6 Å². The number of hydrogen-bond donors (Lipinski definition) is 1. The van der Waals surface area contributed by atoms with Crippen molar-refractivity contribution in [2.75, 3.05) is 19.6 Å². The molecule has 1 N–H and O–H groups in total. The molecule has 0 radical (unpaired) electrons. The molecule has 2 heterocycles. The van der Waals surface area contributed by atoms with Crippen LogP contribution < -0.4 is 0 Å². The lowest BCUT2D eigenvalue weighted by Crippen LogP contribution is -2.44. The third-order valence-electron chi connectivity index (χ3n) is 9.03. The Labute approximate surface area is 242 Å². The number of thioether (sulfide) groups is 1. The van der Waals surface area contributed by atoms with Crippen LogP contribution in [0.2, 0.25) is 0 Å². The summed E-state index contributed by atoms with van der Waals surface area (Å²) < 4.78 is 0. The van der Waals surface area contributed by atoms with E-state index in [0.29, 0.717) is 0 Å². The number of hydrogen-bond acceptors (Lipinski definition) is 4. The Bertz CT molecular complexity index is 1380. The standard InChI is InChI=1S/C36H36N2OS/c37-27-35(32-17-8-7-12-28(32)26-40-34-19-10-9-18-33(34)35)22-11-23-38-24-20-31(21-25-38)36(39,29-13-3-1-4-14-29)30-15-5-2-6-16-30/h1-10,12-19,31,39H,11,20-26H2. The fourth-order valence-electron chi connectivity index (χ4n) is 6.92. The molecule has 6 rings (SSSR count). The number of piperidine rings is 1. The SMILES string of the molecule is N#CC1(CCCN2CCC(C(O)(c3ccccc3)c3ccccc3)CC2)c2ccccc2CSc2ccccc21. The largest absolute Gasteiger partial charge is 0.380 e. The van der Waals surface area contributed by atoms with Crippen LogP contribution in [0.25, 0.3) is 0 Å². The molecule has 3 nitrogen and oxygen atoms in total. The van der Waals surface area contributed by atoms with Gasteiger partial charge in [0, 0.05) is 10.6 Å². The molecule has 1 atom stereocenters. The molecule has 0 spiro atoms. The Kier molecular flexibility index (Phi) is 7.80. The molecule has 4 heteroatoms. The number of fused-ring (bicyclic) bond motifs is 2. The minimum atomic E-state index is -0.995. The summed E-state index contributed by atoms with van der Waals surface area (Å²) in [6.45, 7) is 2.87. The Hall–Kier alpha value is -3.36. The highest BCUT2D eigenvalue weighted by Crippen LogP contribution is 2.47. The van der Waals surface area contributed by atoms with Crippen molar-refractivity contribution >= 4 is 11.8 Å². The molecule has 4 aromatic carbocycles. The Morgan fingerprint density at radius 2 is 1.38 bits per heavy atom. The van der Waals surface area contributed by atoms with E-state index in [2.05, 4.69) is 83.8 Å². The number of nitrogens with zero attached hydrogens (tertiary/aromatic N) is 2. The van der Waals surface area contributed by atoms with E-state index in [1.165, 1.54) is 16.0 Å². The van der Waals surface area contributed by atoms with Gasteiger partial charge < -0.3 is 10.0 Å². The van der Waals surface area contributed by atoms with Crippen LogP contribution in [0.4, 0.5) is 0 Å². The van der Waals surface area contributed by atoms with Crippen LogP contribution in [0, 0.1) is 17.2 Å². The lowest BCUT2D eigenvalue weighted by Gasteiger charge is -2.42. The van der Waals surface area contributed by atoms with Gasteiger partial charge in [0.05, 0.1) is 6.07 Å². The zero-order valence-electron chi connectivity index (χ0n) is 22.9. The van der Waals surface area contributed by atoms with E-state index in [1.807, 2.05) is 48.2 Å². The molecule has 4 aromatic rings. The number of likely N-dealkylation sites (tertiary alicyclic amines) is 1. The maximum atomic E-state index is 12.2. The first-order chi connectivity index (χ1) is 19.6. The highest BCUT2D eigenvalue weighted by Gasteiger charge is 2.42. The molecular formula is C36H36N2OS. The first-order valence-electron chi connectivity index (χ1n) is 14.4. The summed E-state index contributed by atoms with van der Waals surface area (Å²) >= 11 is 1.84. The van der Waals surface area contributed by atoms with Gasteiger partial charge in [0.2, 0.25) is 0 Å². The van der Waals surface area contributed by atoms with E-state index in [-0.39, 0.29) is 5.92 Å². The maximum Gasteiger partial charge on any atom is 0.117 e. The molecule has 0 bridgehead atoms. The quantitative estimate of drug-likeness (QED) is 0.261. The molecule has 0 aromatic heterocycles. The van der Waals surface area contributed by atoms with Gasteiger partial charge in [0.25, 0.3) is 0 Å². The van der Waals surface area contributed by atoms with Gasteiger partial charge in [-0.1, -0.05) is 103 Å². The molecule has 202 valence electrons. The molecule has 40 heavy (non-hydrogen) atoms. The van der Waals surface area contributed by atoms with Crippen molar-refractivity contribution in [3.8, 4) is 6.07 Å². The zero-order valence-corrected chi connectivity index (χ0v) is 23.7. The second-order valence-electron chi connectivity index (χ2n) is 11.2. The third kappa shape index (κ3) is 4.88. The zero-order chi connectivity index (χ0) is 27.4. The third-order valence-corrected chi connectivity index (χ3v) is 10.2. The molecular weight excluding hydrogens is 508 g/mol. The summed E-state index contributed by atoms with van der Waals surface area (Å²) in [4.78, 5) is 3.75. The van der Waals surface area contributed by atoms with Gasteiger partial charge in [-0.2, -0.15) is 5.26 Å². The summed E-state index contributed by atoms with van der Waals surface area (Å²) in [5, 5.41) is 23.0. The summed E-state index contributed by atoms with van der Waals surface area (Å²) in [5.41, 5.74) is 3.91. The predicted molar refractivity (Wildman–Crippen MR) is 163 cm³/mol. The predicted octanol–water partition coefficient (Wildman–Crippen LogP) is 7.53. The van der Waals surface area contributed by atoms with Gasteiger partial charge >= 0.3 is 0 Å². The van der Waals surface area contributed by atoms with Gasteiger partial charge in [-0.05, 0) is 85.1 Å². The summed E-state index contributed by atoms with van der Waals surface area (Å²) in [7, 11) is 0. The lowest BCUT2D eigenvalue weighted by molar-refractivity contribution is -0.0144. The molecule has 1 unspecified atom stereocenters. The van der Waals surface area contributed by atoms with Gasteiger partial charge in [0.1, 0.15) is 11.0 Å². The van der Waals surface area contributed by atoms with E-state index < -0.39 is 11.0 Å². The lowest BCUT2D eigenvalue weighted by atomic mass is 9.70. The van der Waals surface area contributed by atoms with Crippen LogP contribution in [0.15, 0.2) is 114 Å². The fraction of sp³-hybridized carbons (Fsp3) is 0.306. The molecule has 0 saturated carbocycles. The van der Waals surface area contributed by atoms with E-state index in [1.54, 1.807) is 0 Å². The van der Waals surface area contributed by atoms with Gasteiger partial charge in [-0.15, -0.1) is 11.8 Å². The van der Waals surface area contributed by atoms with Crippen LogP contribution in [-0.2, 0) is 16.8 Å². The topological polar surface area (TPSA) is 47.3 Å². The van der Waals surface area contributed by atoms with Crippen LogP contribution in [0.5, 0.6) is 0 Å². The summed E-state index contributed by atoms with van der Waals surface area (Å²) in [5.74, 6) is 1.05. The van der Waals surface area contributed by atoms with Crippen LogP contribution in [0.3, 0.4) is 0 Å². The highest BCUT2D eigenvalue weighted by molar-refractivity contribution is 7.98. The number of benzene rings is 4. The van der Waals surface area contributed by atoms with E-state index >= 15 is 0 Å². The minimum absolute atomic E-state index is 0.150. The second-order valence-corrected chi connectivity index (χ2v) is 12.2. The van der Waals surface area contributed by atoms with Crippen molar-refractivity contribution in [1.82, 2.24) is 4.90 Å². The van der Waals surface area contributed by atoms with Crippen molar-refractivity contribution < 1.29 is 5.11 Å². The number of nitriles is 1. The first kappa shape index (κ1) is 26.8. The summed E-state index contributed by atoms with van der Waals surface area (Å²) in [6, 6.07) is 40.1. The van der Waals surface area contributed by atoms with Crippen molar-refractivity contribution in [1.29, 1.82) is 5.26 Å². The first-order valence-corrected chi connectivity index (χ1v) is 15.4. The van der Waals surface area contributed by atoms with Gasteiger partial charge in [0.15, 0.2) is 0 Å². The van der Waals surface area contributed by atoms with Crippen molar-refractivity contribution in [3.63, 3.8) is 0 Å². The van der Waals surface area contributed by atoms with Crippen LogP contribution in [0.1, 0.15) is 53.5 Å². The Morgan fingerprint density at radius 3 is 2.02 bits per heavy atom.